The Hall–Kier alpha value is -2.99. The molecule has 3 heterocycles. The van der Waals surface area contributed by atoms with Crippen molar-refractivity contribution in [3.8, 4) is 5.75 Å². The Labute approximate surface area is 164 Å². The summed E-state index contributed by atoms with van der Waals surface area (Å²) < 4.78 is 6.35. The Kier molecular flexibility index (Phi) is 5.21. The first-order valence-corrected chi connectivity index (χ1v) is 9.51. The van der Waals surface area contributed by atoms with Crippen LogP contribution in [0.4, 0.5) is 0 Å². The summed E-state index contributed by atoms with van der Waals surface area (Å²) in [6.07, 6.45) is 9.68. The van der Waals surface area contributed by atoms with Crippen LogP contribution < -0.4 is 10.1 Å². The number of carbonyl (C=O) groups excluding carboxylic acids is 2. The van der Waals surface area contributed by atoms with Gasteiger partial charge in [0.1, 0.15) is 11.4 Å². The molecule has 2 aliphatic rings. The average molecular weight is 377 g/mol. The molecule has 6 nitrogen and oxygen atoms in total. The van der Waals surface area contributed by atoms with E-state index >= 15 is 0 Å². The van der Waals surface area contributed by atoms with Crippen LogP contribution in [0.15, 0.2) is 48.9 Å². The molecule has 0 atom stereocenters. The number of aromatic nitrogens is 1. The quantitative estimate of drug-likeness (QED) is 0.812. The van der Waals surface area contributed by atoms with Gasteiger partial charge in [-0.1, -0.05) is 12.1 Å². The molecule has 1 spiro atoms. The van der Waals surface area contributed by atoms with Gasteiger partial charge in [-0.3, -0.25) is 19.5 Å². The second-order valence-electron chi connectivity index (χ2n) is 7.40. The summed E-state index contributed by atoms with van der Waals surface area (Å²) in [4.78, 5) is 29.7. The van der Waals surface area contributed by atoms with E-state index in [0.29, 0.717) is 24.1 Å². The van der Waals surface area contributed by atoms with Gasteiger partial charge in [-0.25, -0.2) is 0 Å². The lowest BCUT2D eigenvalue weighted by molar-refractivity contribution is -0.108. The second kappa shape index (κ2) is 7.94. The molecule has 1 amide bonds. The van der Waals surface area contributed by atoms with E-state index in [-0.39, 0.29) is 5.78 Å². The monoisotopic (exact) mass is 377 g/mol. The van der Waals surface area contributed by atoms with Gasteiger partial charge in [0.2, 0.25) is 6.41 Å². The maximum Gasteiger partial charge on any atom is 0.211 e. The number of benzene rings is 1. The Morgan fingerprint density at radius 3 is 2.86 bits per heavy atom. The van der Waals surface area contributed by atoms with Gasteiger partial charge < -0.3 is 10.1 Å². The van der Waals surface area contributed by atoms with E-state index in [0.717, 1.165) is 38.0 Å². The first-order valence-electron chi connectivity index (χ1n) is 9.51. The number of ketones is 1. The van der Waals surface area contributed by atoms with E-state index in [9.17, 15) is 9.59 Å². The molecular formula is C22H23N3O3. The SMILES string of the molecule is O=CN/C=C/c1ccc2c(c1)C(=O)CC1(CCN(Cc3cccnc3)CC1)O2. The van der Waals surface area contributed by atoms with Gasteiger partial charge in [-0.05, 0) is 35.4 Å². The average Bonchev–Trinajstić information content (AvgIpc) is 2.71. The predicted molar refractivity (Wildman–Crippen MR) is 106 cm³/mol. The first-order chi connectivity index (χ1) is 13.7. The molecule has 2 aromatic rings. The van der Waals surface area contributed by atoms with E-state index < -0.39 is 5.60 Å². The maximum absolute atomic E-state index is 12.8. The van der Waals surface area contributed by atoms with Gasteiger partial charge in [-0.15, -0.1) is 0 Å². The number of piperidine rings is 1. The second-order valence-corrected chi connectivity index (χ2v) is 7.40. The molecule has 144 valence electrons. The summed E-state index contributed by atoms with van der Waals surface area (Å²) in [5.74, 6) is 0.790. The Morgan fingerprint density at radius 2 is 2.11 bits per heavy atom. The molecule has 0 unspecified atom stereocenters. The minimum atomic E-state index is -0.397. The van der Waals surface area contributed by atoms with Gasteiger partial charge in [0.05, 0.1) is 12.0 Å². The summed E-state index contributed by atoms with van der Waals surface area (Å²) in [6, 6.07) is 9.62. The highest BCUT2D eigenvalue weighted by Gasteiger charge is 2.42. The van der Waals surface area contributed by atoms with Crippen LogP contribution in [0, 0.1) is 0 Å². The van der Waals surface area contributed by atoms with Crippen molar-refractivity contribution in [3.05, 3.63) is 65.6 Å². The molecule has 0 bridgehead atoms. The molecule has 1 saturated heterocycles. The zero-order valence-electron chi connectivity index (χ0n) is 15.6. The number of pyridine rings is 1. The number of nitrogens with one attached hydrogen (secondary N) is 1. The van der Waals surface area contributed by atoms with Crippen molar-refractivity contribution in [1.82, 2.24) is 15.2 Å². The first kappa shape index (κ1) is 18.4. The number of carbonyl (C=O) groups is 2. The van der Waals surface area contributed by atoms with Crippen LogP contribution in [-0.2, 0) is 11.3 Å². The maximum atomic E-state index is 12.8. The number of hydrogen-bond donors (Lipinski definition) is 1. The molecule has 1 N–H and O–H groups in total. The van der Waals surface area contributed by atoms with E-state index in [1.807, 2.05) is 30.5 Å². The molecule has 6 heteroatoms. The fraction of sp³-hybridized carbons (Fsp3) is 0.318. The summed E-state index contributed by atoms with van der Waals surface area (Å²) in [5.41, 5.74) is 2.28. The van der Waals surface area contributed by atoms with Crippen LogP contribution in [0.3, 0.4) is 0 Å². The molecule has 0 saturated carbocycles. The van der Waals surface area contributed by atoms with E-state index in [2.05, 4.69) is 21.3 Å². The highest BCUT2D eigenvalue weighted by atomic mass is 16.5. The van der Waals surface area contributed by atoms with Crippen molar-refractivity contribution in [2.75, 3.05) is 13.1 Å². The van der Waals surface area contributed by atoms with Crippen molar-refractivity contribution in [2.45, 2.75) is 31.4 Å². The highest BCUT2D eigenvalue weighted by Crippen LogP contribution is 2.40. The normalized spacial score (nSPS) is 18.6. The lowest BCUT2D eigenvalue weighted by Crippen LogP contribution is -2.50. The molecule has 1 aromatic heterocycles. The largest absolute Gasteiger partial charge is 0.486 e. The molecule has 4 rings (SSSR count). The number of likely N-dealkylation sites (tertiary alicyclic amines) is 1. The van der Waals surface area contributed by atoms with Gasteiger partial charge in [0.15, 0.2) is 5.78 Å². The van der Waals surface area contributed by atoms with Crippen molar-refractivity contribution < 1.29 is 14.3 Å². The molecule has 28 heavy (non-hydrogen) atoms. The van der Waals surface area contributed by atoms with Gasteiger partial charge in [0.25, 0.3) is 0 Å². The van der Waals surface area contributed by atoms with E-state index in [1.165, 1.54) is 5.56 Å². The summed E-state index contributed by atoms with van der Waals surface area (Å²) in [5, 5.41) is 2.47. The predicted octanol–water partition coefficient (Wildman–Crippen LogP) is 2.80. The fourth-order valence-electron chi connectivity index (χ4n) is 3.95. The standard InChI is InChI=1S/C22H23N3O3/c26-16-24-9-5-17-3-4-21-19(12-17)20(27)13-22(28-21)6-10-25(11-7-22)15-18-2-1-8-23-14-18/h1-5,8-9,12,14,16H,6-7,10-11,13,15H2,(H,24,26)/b9-5+. The number of fused-ring (bicyclic) bond motifs is 1. The lowest BCUT2D eigenvalue weighted by atomic mass is 9.82. The third kappa shape index (κ3) is 3.97. The number of amides is 1. The lowest BCUT2D eigenvalue weighted by Gasteiger charge is -2.44. The van der Waals surface area contributed by atoms with Crippen molar-refractivity contribution >= 4 is 18.3 Å². The molecule has 2 aliphatic heterocycles. The zero-order chi connectivity index (χ0) is 19.4. The number of nitrogens with zero attached hydrogens (tertiary/aromatic N) is 2. The van der Waals surface area contributed by atoms with Crippen LogP contribution in [0.1, 0.15) is 40.7 Å². The summed E-state index contributed by atoms with van der Waals surface area (Å²) >= 11 is 0. The number of Topliss-reactive ketones (excluding diaryl/α,β-unsaturated/α-hetero) is 1. The minimum Gasteiger partial charge on any atom is -0.486 e. The molecule has 1 fully saturated rings. The molecule has 0 aliphatic carbocycles. The highest BCUT2D eigenvalue weighted by molar-refractivity contribution is 6.00. The van der Waals surface area contributed by atoms with Crippen LogP contribution in [0.25, 0.3) is 6.08 Å². The molecule has 1 aromatic carbocycles. The number of rotatable bonds is 5. The summed E-state index contributed by atoms with van der Waals surface area (Å²) in [7, 11) is 0. The van der Waals surface area contributed by atoms with Gasteiger partial charge >= 0.3 is 0 Å². The Balaban J connectivity index is 1.43. The summed E-state index contributed by atoms with van der Waals surface area (Å²) in [6.45, 7) is 2.67. The fourth-order valence-corrected chi connectivity index (χ4v) is 3.95. The van der Waals surface area contributed by atoms with Crippen LogP contribution in [-0.4, -0.2) is 40.8 Å². The van der Waals surface area contributed by atoms with Gasteiger partial charge in [-0.2, -0.15) is 0 Å². The van der Waals surface area contributed by atoms with Crippen LogP contribution >= 0.6 is 0 Å². The third-order valence-electron chi connectivity index (χ3n) is 5.45. The molecule has 0 radical (unpaired) electrons. The number of hydrogen-bond acceptors (Lipinski definition) is 5. The van der Waals surface area contributed by atoms with Crippen molar-refractivity contribution in [1.29, 1.82) is 0 Å². The van der Waals surface area contributed by atoms with E-state index in [4.69, 9.17) is 4.74 Å². The van der Waals surface area contributed by atoms with Crippen LogP contribution in [0.2, 0.25) is 0 Å². The Bertz CT molecular complexity index is 887. The Morgan fingerprint density at radius 1 is 1.25 bits per heavy atom. The smallest absolute Gasteiger partial charge is 0.211 e. The zero-order valence-corrected chi connectivity index (χ0v) is 15.6. The molecular weight excluding hydrogens is 354 g/mol. The van der Waals surface area contributed by atoms with Crippen molar-refractivity contribution in [3.63, 3.8) is 0 Å². The van der Waals surface area contributed by atoms with Crippen molar-refractivity contribution in [2.24, 2.45) is 0 Å². The third-order valence-corrected chi connectivity index (χ3v) is 5.45. The van der Waals surface area contributed by atoms with Gasteiger partial charge in [0, 0.05) is 51.1 Å². The number of ether oxygens (including phenoxy) is 1. The van der Waals surface area contributed by atoms with Crippen LogP contribution in [0.5, 0.6) is 5.75 Å². The topological polar surface area (TPSA) is 71.5 Å². The minimum absolute atomic E-state index is 0.126. The van der Waals surface area contributed by atoms with E-state index in [1.54, 1.807) is 18.5 Å².